The predicted molar refractivity (Wildman–Crippen MR) is 167 cm³/mol. The monoisotopic (exact) mass is 531 g/mol. The van der Waals surface area contributed by atoms with Crippen LogP contribution in [0.15, 0.2) is 48.5 Å². The van der Waals surface area contributed by atoms with E-state index in [1.54, 1.807) is 0 Å². The number of aryl methyl sites for hydroxylation is 1. The number of nitrogen functional groups attached to an aromatic ring is 1. The molecule has 0 radical (unpaired) electrons. The van der Waals surface area contributed by atoms with E-state index >= 15 is 0 Å². The molecular formula is C32H46N5P. The molecule has 0 saturated carbocycles. The van der Waals surface area contributed by atoms with Crippen LogP contribution in [-0.4, -0.2) is 33.1 Å². The van der Waals surface area contributed by atoms with Crippen LogP contribution in [0, 0.1) is 5.92 Å². The van der Waals surface area contributed by atoms with E-state index < -0.39 is 0 Å². The summed E-state index contributed by atoms with van der Waals surface area (Å²) in [5.74, 6) is 1.35. The number of nitrogens with two attached hydrogens (primary N) is 1. The summed E-state index contributed by atoms with van der Waals surface area (Å²) in [7, 11) is 1.10. The quantitative estimate of drug-likeness (QED) is 0.123. The highest BCUT2D eigenvalue weighted by Crippen LogP contribution is 2.32. The van der Waals surface area contributed by atoms with E-state index in [0.717, 1.165) is 80.9 Å². The van der Waals surface area contributed by atoms with Crippen LogP contribution in [-0.2, 0) is 19.5 Å². The molecule has 2 aromatic heterocycles. The fourth-order valence-electron chi connectivity index (χ4n) is 5.08. The molecule has 3 N–H and O–H groups in total. The Labute approximate surface area is 230 Å². The first-order valence-corrected chi connectivity index (χ1v) is 15.8. The van der Waals surface area contributed by atoms with Crippen LogP contribution in [0.4, 0.5) is 5.82 Å². The van der Waals surface area contributed by atoms with Crippen molar-refractivity contribution in [1.82, 2.24) is 20.1 Å². The van der Waals surface area contributed by atoms with Crippen LogP contribution in [0.2, 0.25) is 0 Å². The van der Waals surface area contributed by atoms with Crippen LogP contribution in [0.25, 0.3) is 21.8 Å². The lowest BCUT2D eigenvalue weighted by Gasteiger charge is -2.13. The Morgan fingerprint density at radius 2 is 1.74 bits per heavy atom. The first kappa shape index (κ1) is 28.5. The van der Waals surface area contributed by atoms with Crippen molar-refractivity contribution >= 4 is 36.2 Å². The van der Waals surface area contributed by atoms with E-state index in [0.29, 0.717) is 5.82 Å². The molecule has 0 bridgehead atoms. The van der Waals surface area contributed by atoms with Crippen molar-refractivity contribution in [3.8, 4) is 0 Å². The number of aromatic nitrogens is 3. The number of nitrogens with one attached hydrogen (secondary N) is 1. The molecule has 2 heterocycles. The van der Waals surface area contributed by atoms with Gasteiger partial charge in [0.25, 0.3) is 0 Å². The zero-order valence-electron chi connectivity index (χ0n) is 23.8. The summed E-state index contributed by atoms with van der Waals surface area (Å²) in [6.45, 7) is 12.2. The second-order valence-electron chi connectivity index (χ2n) is 11.1. The van der Waals surface area contributed by atoms with Gasteiger partial charge >= 0.3 is 0 Å². The van der Waals surface area contributed by atoms with Gasteiger partial charge in [0.15, 0.2) is 5.82 Å². The molecule has 2 unspecified atom stereocenters. The van der Waals surface area contributed by atoms with Gasteiger partial charge in [-0.05, 0) is 60.7 Å². The molecule has 2 aromatic carbocycles. The number of pyridine rings is 1. The van der Waals surface area contributed by atoms with E-state index in [-0.39, 0.29) is 0 Å². The molecule has 4 aromatic rings. The number of para-hydroxylation sites is 1. The minimum Gasteiger partial charge on any atom is -0.382 e. The molecule has 0 aliphatic rings. The van der Waals surface area contributed by atoms with Crippen LogP contribution >= 0.6 is 8.58 Å². The standard InChI is InChI=1S/C32H46N5P/c1-5-6-19-37-29(30-27-11-7-8-12-28(27)35-32(33)31(30)36-37)21-25-13-15-26(16-14-25)22-34-18-17-24(4)38-20-9-10-23(2)3/h7-8,11-16,23-24,34,38H,5-6,9-10,17-22H2,1-4H3,(H2,33,35). The van der Waals surface area contributed by atoms with Gasteiger partial charge in [0.05, 0.1) is 11.2 Å². The van der Waals surface area contributed by atoms with Crippen molar-refractivity contribution in [3.63, 3.8) is 0 Å². The largest absolute Gasteiger partial charge is 0.382 e. The maximum atomic E-state index is 6.37. The lowest BCUT2D eigenvalue weighted by atomic mass is 10.0. The molecule has 38 heavy (non-hydrogen) atoms. The molecule has 5 nitrogen and oxygen atoms in total. The zero-order valence-corrected chi connectivity index (χ0v) is 24.8. The second-order valence-corrected chi connectivity index (χ2v) is 13.0. The highest BCUT2D eigenvalue weighted by atomic mass is 31.1. The summed E-state index contributed by atoms with van der Waals surface area (Å²) in [4.78, 5) is 4.62. The topological polar surface area (TPSA) is 68.8 Å². The van der Waals surface area contributed by atoms with Gasteiger partial charge in [0.1, 0.15) is 5.52 Å². The maximum absolute atomic E-state index is 6.37. The maximum Gasteiger partial charge on any atom is 0.152 e. The summed E-state index contributed by atoms with van der Waals surface area (Å²) in [5, 5.41) is 10.9. The van der Waals surface area contributed by atoms with Crippen LogP contribution in [0.1, 0.15) is 76.6 Å². The van der Waals surface area contributed by atoms with E-state index in [4.69, 9.17) is 10.8 Å². The molecule has 0 fully saturated rings. The lowest BCUT2D eigenvalue weighted by Crippen LogP contribution is -2.17. The van der Waals surface area contributed by atoms with Crippen molar-refractivity contribution in [3.05, 3.63) is 65.4 Å². The predicted octanol–water partition coefficient (Wildman–Crippen LogP) is 7.54. The van der Waals surface area contributed by atoms with Crippen molar-refractivity contribution in [2.75, 3.05) is 18.4 Å². The fourth-order valence-corrected chi connectivity index (χ4v) is 6.33. The number of rotatable bonds is 15. The van der Waals surface area contributed by atoms with E-state index in [1.165, 1.54) is 42.2 Å². The van der Waals surface area contributed by atoms with Gasteiger partial charge < -0.3 is 11.1 Å². The Morgan fingerprint density at radius 1 is 0.974 bits per heavy atom. The van der Waals surface area contributed by atoms with E-state index in [2.05, 4.69) is 79.1 Å². The Morgan fingerprint density at radius 3 is 2.50 bits per heavy atom. The SMILES string of the molecule is CCCCn1nc2c(N)nc3ccccc3c2c1Cc1ccc(CNCCC(C)PCCCC(C)C)cc1. The van der Waals surface area contributed by atoms with E-state index in [1.807, 2.05) is 12.1 Å². The molecule has 0 aliphatic heterocycles. The Kier molecular flexibility index (Phi) is 10.5. The second kappa shape index (κ2) is 14.1. The third-order valence-corrected chi connectivity index (χ3v) is 8.99. The molecule has 0 saturated heterocycles. The zero-order chi connectivity index (χ0) is 26.9. The van der Waals surface area contributed by atoms with Gasteiger partial charge in [-0.2, -0.15) is 5.10 Å². The molecule has 2 atom stereocenters. The molecular weight excluding hydrogens is 485 g/mol. The Hall–Kier alpha value is -2.49. The van der Waals surface area contributed by atoms with Gasteiger partial charge in [0.2, 0.25) is 0 Å². The number of unbranched alkanes of at least 4 members (excludes halogenated alkanes) is 1. The van der Waals surface area contributed by atoms with Gasteiger partial charge in [-0.3, -0.25) is 4.68 Å². The van der Waals surface area contributed by atoms with Gasteiger partial charge in [0, 0.05) is 30.3 Å². The van der Waals surface area contributed by atoms with Gasteiger partial charge in [-0.15, -0.1) is 8.58 Å². The van der Waals surface area contributed by atoms with Crippen LogP contribution < -0.4 is 11.1 Å². The lowest BCUT2D eigenvalue weighted by molar-refractivity contribution is 0.558. The number of nitrogens with zero attached hydrogens (tertiary/aromatic N) is 3. The molecule has 0 spiro atoms. The summed E-state index contributed by atoms with van der Waals surface area (Å²) in [6, 6.07) is 17.3. The third-order valence-electron chi connectivity index (χ3n) is 7.37. The first-order chi connectivity index (χ1) is 18.5. The minimum absolute atomic E-state index is 0.516. The summed E-state index contributed by atoms with van der Waals surface area (Å²) < 4.78 is 2.17. The Bertz CT molecular complexity index is 1290. The highest BCUT2D eigenvalue weighted by Gasteiger charge is 2.18. The van der Waals surface area contributed by atoms with E-state index in [9.17, 15) is 0 Å². The van der Waals surface area contributed by atoms with Crippen molar-refractivity contribution in [2.45, 2.75) is 85.0 Å². The van der Waals surface area contributed by atoms with Crippen molar-refractivity contribution in [1.29, 1.82) is 0 Å². The normalized spacial score (nSPS) is 13.0. The molecule has 204 valence electrons. The molecule has 4 rings (SSSR count). The number of hydrogen-bond donors (Lipinski definition) is 2. The van der Waals surface area contributed by atoms with Crippen LogP contribution in [0.5, 0.6) is 0 Å². The average Bonchev–Trinajstić information content (AvgIpc) is 3.27. The highest BCUT2D eigenvalue weighted by molar-refractivity contribution is 7.38. The number of hydrogen-bond acceptors (Lipinski definition) is 4. The molecule has 0 amide bonds. The van der Waals surface area contributed by atoms with Gasteiger partial charge in [-0.1, -0.05) is 83.0 Å². The average molecular weight is 532 g/mol. The smallest absolute Gasteiger partial charge is 0.152 e. The van der Waals surface area contributed by atoms with Crippen molar-refractivity contribution in [2.24, 2.45) is 5.92 Å². The molecule has 0 aliphatic carbocycles. The van der Waals surface area contributed by atoms with Gasteiger partial charge in [-0.25, -0.2) is 4.98 Å². The van der Waals surface area contributed by atoms with Crippen molar-refractivity contribution < 1.29 is 0 Å². The first-order valence-electron chi connectivity index (χ1n) is 14.5. The van der Waals surface area contributed by atoms with Crippen LogP contribution in [0.3, 0.4) is 0 Å². The summed E-state index contributed by atoms with van der Waals surface area (Å²) in [5.41, 5.74) is 12.8. The summed E-state index contributed by atoms with van der Waals surface area (Å²) in [6.07, 6.45) is 8.46. The third kappa shape index (κ3) is 7.55. The summed E-state index contributed by atoms with van der Waals surface area (Å²) >= 11 is 0. The fraction of sp³-hybridized carbons (Fsp3) is 0.500. The number of fused-ring (bicyclic) bond motifs is 3. The minimum atomic E-state index is 0.516. The number of anilines is 1. The molecule has 6 heteroatoms. The Balaban J connectivity index is 1.39. The number of benzene rings is 2.